The Bertz CT molecular complexity index is 2250. The Morgan fingerprint density at radius 3 is 2.39 bits per heavy atom. The summed E-state index contributed by atoms with van der Waals surface area (Å²) in [5.74, 6) is -5.66. The van der Waals surface area contributed by atoms with Crippen molar-refractivity contribution in [2.75, 3.05) is 20.6 Å². The fourth-order valence-corrected chi connectivity index (χ4v) is 10.2. The predicted molar refractivity (Wildman–Crippen MR) is 249 cm³/mol. The number of carbonyl (C=O) groups excluding carboxylic acids is 5. The molecule has 0 unspecified atom stereocenters. The molecule has 3 N–H and O–H groups in total. The van der Waals surface area contributed by atoms with Crippen molar-refractivity contribution in [2.24, 2.45) is 23.7 Å². The topological polar surface area (TPSA) is 201 Å². The highest BCUT2D eigenvalue weighted by molar-refractivity contribution is 5.88. The third kappa shape index (κ3) is 11.7. The molecule has 67 heavy (non-hydrogen) atoms. The lowest BCUT2D eigenvalue weighted by atomic mass is 9.73. The molecule has 0 radical (unpaired) electrons. The minimum atomic E-state index is -1.76. The van der Waals surface area contributed by atoms with Gasteiger partial charge in [0.2, 0.25) is 0 Å². The van der Waals surface area contributed by atoms with E-state index in [-0.39, 0.29) is 37.7 Å². The van der Waals surface area contributed by atoms with E-state index in [9.17, 15) is 29.1 Å². The number of ether oxygens (including phenoxy) is 6. The van der Waals surface area contributed by atoms with Crippen LogP contribution in [0.15, 0.2) is 72.9 Å². The summed E-state index contributed by atoms with van der Waals surface area (Å²) in [4.78, 5) is 76.9. The number of esters is 2. The first kappa shape index (κ1) is 51.0. The smallest absolute Gasteiger partial charge is 0.408 e. The molecule has 1 aromatic heterocycles. The van der Waals surface area contributed by atoms with Crippen LogP contribution < -0.4 is 10.6 Å². The summed E-state index contributed by atoms with van der Waals surface area (Å²) in [6, 6.07) is 17.2. The lowest BCUT2D eigenvalue weighted by Crippen LogP contribution is -2.61. The second kappa shape index (κ2) is 21.7. The number of likely N-dealkylation sites (N-methyl/N-ethyl adjacent to an activating group) is 1. The number of carbonyl (C=O) groups is 5. The molecule has 0 spiro atoms. The predicted octanol–water partition coefficient (Wildman–Crippen LogP) is 6.40. The third-order valence-electron chi connectivity index (χ3n) is 13.8. The van der Waals surface area contributed by atoms with Gasteiger partial charge in [0.15, 0.2) is 11.9 Å². The summed E-state index contributed by atoms with van der Waals surface area (Å²) in [6.07, 6.45) is -2.37. The van der Waals surface area contributed by atoms with E-state index in [0.29, 0.717) is 12.0 Å². The number of alkyl carbamates (subject to hydrolysis) is 2. The quantitative estimate of drug-likeness (QED) is 0.141. The molecule has 3 aliphatic heterocycles. The Morgan fingerprint density at radius 2 is 1.69 bits per heavy atom. The lowest BCUT2D eigenvalue weighted by molar-refractivity contribution is -0.298. The van der Waals surface area contributed by atoms with Crippen LogP contribution in [0.5, 0.6) is 0 Å². The van der Waals surface area contributed by atoms with Gasteiger partial charge in [0, 0.05) is 41.9 Å². The summed E-state index contributed by atoms with van der Waals surface area (Å²) >= 11 is 0. The van der Waals surface area contributed by atoms with Gasteiger partial charge in [-0.05, 0) is 84.3 Å². The molecule has 2 amide bonds. The van der Waals surface area contributed by atoms with Crippen molar-refractivity contribution in [3.8, 4) is 0 Å². The second-order valence-corrected chi connectivity index (χ2v) is 19.1. The van der Waals surface area contributed by atoms with E-state index in [2.05, 4.69) is 15.6 Å². The molecule has 3 aliphatic rings. The molecular weight excluding hydrogens is 861 g/mol. The van der Waals surface area contributed by atoms with Crippen molar-refractivity contribution in [3.05, 3.63) is 84.1 Å². The van der Waals surface area contributed by atoms with E-state index >= 15 is 0 Å². The van der Waals surface area contributed by atoms with Crippen LogP contribution in [0.2, 0.25) is 0 Å². The van der Waals surface area contributed by atoms with Crippen LogP contribution in [0.1, 0.15) is 85.8 Å². The number of pyridine rings is 1. The number of amides is 2. The molecule has 2 aromatic carbocycles. The van der Waals surface area contributed by atoms with Crippen LogP contribution in [-0.2, 0) is 49.2 Å². The zero-order valence-corrected chi connectivity index (χ0v) is 40.3. The van der Waals surface area contributed by atoms with Gasteiger partial charge >= 0.3 is 24.1 Å². The maximum Gasteiger partial charge on any atom is 0.408 e. The zero-order chi connectivity index (χ0) is 48.8. The summed E-state index contributed by atoms with van der Waals surface area (Å²) in [5, 5.41) is 18.4. The van der Waals surface area contributed by atoms with E-state index in [1.54, 1.807) is 85.0 Å². The molecule has 6 rings (SSSR count). The standard InChI is InChI=1S/C51H68N4O12/c1-11-39-51(8)44(54-49(61)67-51)31(4)41(57)29(2)28-50(7,66-48(60)53-24-17-20-35-23-25-52-37-22-16-15-21-36(35)37)45(65-47-42(58)38(55(9)10)26-30(3)62-47)32(5)43(33(6)46(59)63-39)64-40(56)27-34-18-13-12-14-19-34/h12-23,25,29-33,38-39,42-45,47,58H,11,24,26-28H2,1-10H3,(H,53,60)(H,54,61)/b20-17+/t29-,30-,31+,32+,33-,38+,39-,42-,43+,44-,45-,47+,50-,51-/m1/s1. The first-order valence-corrected chi connectivity index (χ1v) is 23.4. The number of aromatic nitrogens is 1. The highest BCUT2D eigenvalue weighted by Crippen LogP contribution is 2.42. The largest absolute Gasteiger partial charge is 0.461 e. The molecule has 0 bridgehead atoms. The number of nitrogens with one attached hydrogen (secondary N) is 2. The van der Waals surface area contributed by atoms with Crippen LogP contribution >= 0.6 is 0 Å². The van der Waals surface area contributed by atoms with Crippen LogP contribution in [0.3, 0.4) is 0 Å². The summed E-state index contributed by atoms with van der Waals surface area (Å²) in [5.41, 5.74) is -0.849. The number of hydrogen-bond acceptors (Lipinski definition) is 14. The molecule has 364 valence electrons. The van der Waals surface area contributed by atoms with Crippen molar-refractivity contribution in [1.82, 2.24) is 20.5 Å². The number of nitrogens with zero attached hydrogens (tertiary/aromatic N) is 2. The molecule has 14 atom stereocenters. The maximum atomic E-state index is 14.7. The van der Waals surface area contributed by atoms with Gasteiger partial charge in [-0.15, -0.1) is 0 Å². The highest BCUT2D eigenvalue weighted by atomic mass is 16.7. The number of para-hydroxylation sites is 1. The molecule has 3 aromatic rings. The number of aliphatic hydroxyl groups excluding tert-OH is 1. The average Bonchev–Trinajstić information content (AvgIpc) is 3.61. The summed E-state index contributed by atoms with van der Waals surface area (Å²) in [7, 11) is 3.68. The van der Waals surface area contributed by atoms with Gasteiger partial charge < -0.3 is 49.1 Å². The van der Waals surface area contributed by atoms with Gasteiger partial charge in [-0.2, -0.15) is 0 Å². The number of hydrogen-bond donors (Lipinski definition) is 3. The fraction of sp³-hybridized carbons (Fsp3) is 0.569. The molecule has 3 saturated heterocycles. The maximum absolute atomic E-state index is 14.7. The van der Waals surface area contributed by atoms with E-state index in [1.165, 1.54) is 0 Å². The van der Waals surface area contributed by atoms with Gasteiger partial charge in [0.05, 0.1) is 30.0 Å². The third-order valence-corrected chi connectivity index (χ3v) is 13.8. The Labute approximate surface area is 393 Å². The normalized spacial score (nSPS) is 34.1. The van der Waals surface area contributed by atoms with Gasteiger partial charge in [-0.1, -0.05) is 88.4 Å². The van der Waals surface area contributed by atoms with Crippen molar-refractivity contribution >= 4 is 46.9 Å². The molecule has 4 heterocycles. The van der Waals surface area contributed by atoms with Crippen molar-refractivity contribution in [2.45, 2.75) is 141 Å². The van der Waals surface area contributed by atoms with Crippen LogP contribution in [0.25, 0.3) is 17.0 Å². The van der Waals surface area contributed by atoms with Crippen LogP contribution in [0, 0.1) is 23.7 Å². The van der Waals surface area contributed by atoms with E-state index < -0.39 is 102 Å². The van der Waals surface area contributed by atoms with Crippen molar-refractivity contribution in [1.29, 1.82) is 0 Å². The average molecular weight is 929 g/mol. The first-order chi connectivity index (χ1) is 31.8. The Morgan fingerprint density at radius 1 is 0.985 bits per heavy atom. The van der Waals surface area contributed by atoms with Gasteiger partial charge in [0.25, 0.3) is 0 Å². The van der Waals surface area contributed by atoms with E-state index in [0.717, 1.165) is 16.5 Å². The molecule has 3 fully saturated rings. The minimum absolute atomic E-state index is 0.0474. The van der Waals surface area contributed by atoms with Crippen LogP contribution in [0.4, 0.5) is 9.59 Å². The monoisotopic (exact) mass is 928 g/mol. The fourth-order valence-electron chi connectivity index (χ4n) is 10.2. The molecule has 16 nitrogen and oxygen atoms in total. The molecule has 0 aliphatic carbocycles. The number of ketones is 1. The van der Waals surface area contributed by atoms with Crippen LogP contribution in [-0.4, -0.2) is 126 Å². The lowest BCUT2D eigenvalue weighted by Gasteiger charge is -2.48. The first-order valence-electron chi connectivity index (χ1n) is 23.4. The number of fused-ring (bicyclic) bond motifs is 2. The number of rotatable bonds is 11. The Balaban J connectivity index is 1.44. The minimum Gasteiger partial charge on any atom is -0.461 e. The van der Waals surface area contributed by atoms with Gasteiger partial charge in [-0.3, -0.25) is 19.4 Å². The summed E-state index contributed by atoms with van der Waals surface area (Å²) < 4.78 is 38.1. The zero-order valence-electron chi connectivity index (χ0n) is 40.3. The number of Topliss-reactive ketones (excluding diaryl/α,β-unsaturated/α-hetero) is 1. The number of benzene rings is 2. The Kier molecular flexibility index (Phi) is 16.5. The van der Waals surface area contributed by atoms with Gasteiger partial charge in [-0.25, -0.2) is 9.59 Å². The summed E-state index contributed by atoms with van der Waals surface area (Å²) in [6.45, 7) is 13.6. The molecular formula is C51H68N4O12. The van der Waals surface area contributed by atoms with Crippen molar-refractivity contribution < 1.29 is 57.5 Å². The molecule has 16 heteroatoms. The Hall–Kier alpha value is -5.42. The SMILES string of the molecule is CC[C@H]1OC(=O)[C@H](C)[C@@H](OC(=O)Cc2ccccc2)[C@H](C)[C@@H](O[C@@H]2O[C@H](C)C[C@H](N(C)C)[C@H]2O)[C@](C)(OC(=O)NC/C=C/c2ccnc3ccccc23)C[C@@H](C)C(=O)[C@H](C)[C@H]2NC(=O)O[C@@]21C. The number of cyclic esters (lactones) is 1. The second-order valence-electron chi connectivity index (χ2n) is 19.1. The van der Waals surface area contributed by atoms with Gasteiger partial charge in [0.1, 0.15) is 35.8 Å². The van der Waals surface area contributed by atoms with E-state index in [1.807, 2.05) is 68.4 Å². The number of aliphatic hydroxyl groups is 1. The highest BCUT2D eigenvalue weighted by Gasteiger charge is 2.58. The van der Waals surface area contributed by atoms with Crippen molar-refractivity contribution in [3.63, 3.8) is 0 Å². The molecule has 0 saturated carbocycles. The van der Waals surface area contributed by atoms with E-state index in [4.69, 9.17) is 28.4 Å².